The van der Waals surface area contributed by atoms with Crippen LogP contribution in [0.3, 0.4) is 0 Å². The predicted octanol–water partition coefficient (Wildman–Crippen LogP) is 3.22. The summed E-state index contributed by atoms with van der Waals surface area (Å²) in [5.41, 5.74) is 9.12. The zero-order valence-electron chi connectivity index (χ0n) is 10.4. The molecule has 94 valence electrons. The molecule has 0 fully saturated rings. The van der Waals surface area contributed by atoms with Crippen LogP contribution in [0.1, 0.15) is 36.2 Å². The van der Waals surface area contributed by atoms with E-state index < -0.39 is 0 Å². The largest absolute Gasteiger partial charge is 0.319 e. The Hall–Kier alpha value is -1.74. The number of rotatable bonds is 4. The molecule has 1 aromatic heterocycles. The lowest BCUT2D eigenvalue weighted by molar-refractivity contribution is 0.617. The first-order valence-electron chi connectivity index (χ1n) is 6.16. The molecule has 0 amide bonds. The maximum atomic E-state index is 12.8. The second-order valence-corrected chi connectivity index (χ2v) is 4.37. The number of hydrogen-bond acceptors (Lipinski definition) is 2. The lowest BCUT2D eigenvalue weighted by Gasteiger charge is -2.12. The molecule has 2 rings (SSSR count). The Balaban J connectivity index is 2.24. The molecular weight excluding hydrogens is 227 g/mol. The number of hydrogen-bond donors (Lipinski definition) is 1. The maximum absolute atomic E-state index is 12.8. The van der Waals surface area contributed by atoms with Crippen molar-refractivity contribution in [3.8, 4) is 0 Å². The molecule has 2 nitrogen and oxygen atoms in total. The highest BCUT2D eigenvalue weighted by atomic mass is 19.1. The van der Waals surface area contributed by atoms with Gasteiger partial charge in [-0.2, -0.15) is 0 Å². The summed E-state index contributed by atoms with van der Waals surface area (Å²) < 4.78 is 12.8. The predicted molar refractivity (Wildman–Crippen MR) is 70.7 cm³/mol. The Bertz CT molecular complexity index is 508. The van der Waals surface area contributed by atoms with Crippen molar-refractivity contribution in [2.45, 2.75) is 25.8 Å². The van der Waals surface area contributed by atoms with E-state index >= 15 is 0 Å². The summed E-state index contributed by atoms with van der Waals surface area (Å²) in [5.74, 6) is -0.342. The van der Waals surface area contributed by atoms with Crippen molar-refractivity contribution in [1.29, 1.82) is 0 Å². The number of aryl methyl sites for hydroxylation is 1. The Morgan fingerprint density at radius 1 is 1.28 bits per heavy atom. The van der Waals surface area contributed by atoms with Crippen LogP contribution in [0.25, 0.3) is 0 Å². The van der Waals surface area contributed by atoms with Crippen LogP contribution in [0.15, 0.2) is 42.6 Å². The van der Waals surface area contributed by atoms with Gasteiger partial charge in [0.15, 0.2) is 0 Å². The number of pyridine rings is 1. The number of aromatic nitrogens is 1. The topological polar surface area (TPSA) is 38.9 Å². The molecule has 0 aliphatic carbocycles. The Kier molecular flexibility index (Phi) is 4.05. The molecule has 2 aromatic rings. The summed E-state index contributed by atoms with van der Waals surface area (Å²) in [6.07, 6.45) is 3.34. The molecule has 0 spiro atoms. The van der Waals surface area contributed by atoms with E-state index in [1.165, 1.54) is 17.8 Å². The zero-order valence-corrected chi connectivity index (χ0v) is 10.4. The molecule has 18 heavy (non-hydrogen) atoms. The SMILES string of the molecule is CCCc1cccc(C(N)c2ccc(F)cn2)c1. The third-order valence-electron chi connectivity index (χ3n) is 2.92. The van der Waals surface area contributed by atoms with Crippen LogP contribution >= 0.6 is 0 Å². The van der Waals surface area contributed by atoms with Crippen molar-refractivity contribution in [2.24, 2.45) is 5.73 Å². The van der Waals surface area contributed by atoms with Crippen molar-refractivity contribution in [1.82, 2.24) is 4.98 Å². The van der Waals surface area contributed by atoms with Crippen LogP contribution in [0.4, 0.5) is 4.39 Å². The normalized spacial score (nSPS) is 12.4. The van der Waals surface area contributed by atoms with Gasteiger partial charge < -0.3 is 5.73 Å². The van der Waals surface area contributed by atoms with Crippen molar-refractivity contribution in [3.63, 3.8) is 0 Å². The molecule has 0 bridgehead atoms. The average Bonchev–Trinajstić information content (AvgIpc) is 2.39. The van der Waals surface area contributed by atoms with Crippen LogP contribution in [-0.4, -0.2) is 4.98 Å². The van der Waals surface area contributed by atoms with E-state index in [-0.39, 0.29) is 11.9 Å². The van der Waals surface area contributed by atoms with Crippen LogP contribution in [0.5, 0.6) is 0 Å². The summed E-state index contributed by atoms with van der Waals surface area (Å²) >= 11 is 0. The summed E-state index contributed by atoms with van der Waals surface area (Å²) in [6.45, 7) is 2.15. The van der Waals surface area contributed by atoms with Gasteiger partial charge in [-0.05, 0) is 29.7 Å². The number of benzene rings is 1. The van der Waals surface area contributed by atoms with Gasteiger partial charge in [0, 0.05) is 0 Å². The zero-order chi connectivity index (χ0) is 13.0. The lowest BCUT2D eigenvalue weighted by atomic mass is 10.00. The Morgan fingerprint density at radius 2 is 2.11 bits per heavy atom. The Labute approximate surface area is 107 Å². The summed E-state index contributed by atoms with van der Waals surface area (Å²) in [4.78, 5) is 4.03. The Morgan fingerprint density at radius 3 is 2.78 bits per heavy atom. The molecule has 2 N–H and O–H groups in total. The van der Waals surface area contributed by atoms with Crippen LogP contribution in [0.2, 0.25) is 0 Å². The first-order valence-corrected chi connectivity index (χ1v) is 6.16. The first kappa shape index (κ1) is 12.7. The molecule has 0 radical (unpaired) electrons. The van der Waals surface area contributed by atoms with Crippen LogP contribution in [0, 0.1) is 5.82 Å². The second kappa shape index (κ2) is 5.74. The molecule has 1 unspecified atom stereocenters. The van der Waals surface area contributed by atoms with Crippen molar-refractivity contribution < 1.29 is 4.39 Å². The fourth-order valence-corrected chi connectivity index (χ4v) is 1.97. The molecule has 0 aliphatic rings. The fraction of sp³-hybridized carbons (Fsp3) is 0.267. The second-order valence-electron chi connectivity index (χ2n) is 4.37. The minimum Gasteiger partial charge on any atom is -0.319 e. The fourth-order valence-electron chi connectivity index (χ4n) is 1.97. The van der Waals surface area contributed by atoms with Gasteiger partial charge in [-0.1, -0.05) is 37.6 Å². The van der Waals surface area contributed by atoms with E-state index in [2.05, 4.69) is 24.0 Å². The number of nitrogens with zero attached hydrogens (tertiary/aromatic N) is 1. The highest BCUT2D eigenvalue weighted by molar-refractivity contribution is 5.31. The van der Waals surface area contributed by atoms with Gasteiger partial charge in [0.2, 0.25) is 0 Å². The minimum absolute atomic E-state index is 0.303. The quantitative estimate of drug-likeness (QED) is 0.896. The van der Waals surface area contributed by atoms with Gasteiger partial charge in [0.25, 0.3) is 0 Å². The summed E-state index contributed by atoms with van der Waals surface area (Å²) in [7, 11) is 0. The molecule has 0 saturated carbocycles. The first-order chi connectivity index (χ1) is 8.70. The van der Waals surface area contributed by atoms with E-state index in [0.29, 0.717) is 5.69 Å². The number of nitrogens with two attached hydrogens (primary N) is 1. The van der Waals surface area contributed by atoms with E-state index in [1.54, 1.807) is 6.07 Å². The summed E-state index contributed by atoms with van der Waals surface area (Å²) in [5, 5.41) is 0. The van der Waals surface area contributed by atoms with Crippen molar-refractivity contribution in [2.75, 3.05) is 0 Å². The van der Waals surface area contributed by atoms with Gasteiger partial charge in [-0.15, -0.1) is 0 Å². The van der Waals surface area contributed by atoms with Crippen molar-refractivity contribution >= 4 is 0 Å². The third-order valence-corrected chi connectivity index (χ3v) is 2.92. The lowest BCUT2D eigenvalue weighted by Crippen LogP contribution is -2.13. The number of halogens is 1. The van der Waals surface area contributed by atoms with E-state index in [1.807, 2.05) is 12.1 Å². The molecule has 0 aliphatic heterocycles. The monoisotopic (exact) mass is 244 g/mol. The highest BCUT2D eigenvalue weighted by Crippen LogP contribution is 2.19. The third kappa shape index (κ3) is 2.93. The van der Waals surface area contributed by atoms with E-state index in [0.717, 1.165) is 18.4 Å². The van der Waals surface area contributed by atoms with Gasteiger partial charge in [-0.25, -0.2) is 4.39 Å². The molecule has 1 heterocycles. The smallest absolute Gasteiger partial charge is 0.141 e. The molecule has 0 saturated heterocycles. The maximum Gasteiger partial charge on any atom is 0.141 e. The summed E-state index contributed by atoms with van der Waals surface area (Å²) in [6, 6.07) is 10.9. The van der Waals surface area contributed by atoms with Gasteiger partial charge in [0.1, 0.15) is 5.82 Å². The molecule has 3 heteroatoms. The average molecular weight is 244 g/mol. The van der Waals surface area contributed by atoms with Crippen LogP contribution in [-0.2, 0) is 6.42 Å². The van der Waals surface area contributed by atoms with Crippen LogP contribution < -0.4 is 5.73 Å². The molecular formula is C15H17FN2. The highest BCUT2D eigenvalue weighted by Gasteiger charge is 2.10. The molecule has 1 aromatic carbocycles. The van der Waals surface area contributed by atoms with E-state index in [9.17, 15) is 4.39 Å². The van der Waals surface area contributed by atoms with E-state index in [4.69, 9.17) is 5.73 Å². The van der Waals surface area contributed by atoms with Gasteiger partial charge in [0.05, 0.1) is 17.9 Å². The van der Waals surface area contributed by atoms with Gasteiger partial charge in [-0.3, -0.25) is 4.98 Å². The minimum atomic E-state index is -0.342. The van der Waals surface area contributed by atoms with Crippen molar-refractivity contribution in [3.05, 3.63) is 65.2 Å². The standard InChI is InChI=1S/C15H17FN2/c1-2-4-11-5-3-6-12(9-11)15(17)14-8-7-13(16)10-18-14/h3,5-10,15H,2,4,17H2,1H3. The van der Waals surface area contributed by atoms with Gasteiger partial charge >= 0.3 is 0 Å². The molecule has 1 atom stereocenters.